The molecule has 0 saturated heterocycles. The number of hydrogen-bond acceptors (Lipinski definition) is 4. The number of carboxylic acid groups (broad SMARTS) is 1. The molecule has 0 fully saturated rings. The number of furan rings is 1. The average Bonchev–Trinajstić information content (AvgIpc) is 2.99. The first-order chi connectivity index (χ1) is 8.91. The van der Waals surface area contributed by atoms with Crippen LogP contribution in [0, 0.1) is 0 Å². The Morgan fingerprint density at radius 1 is 1.47 bits per heavy atom. The van der Waals surface area contributed by atoms with Gasteiger partial charge in [0.15, 0.2) is 11.3 Å². The molecule has 2 aromatic rings. The topological polar surface area (TPSA) is 97.4 Å². The van der Waals surface area contributed by atoms with Crippen molar-refractivity contribution in [2.45, 2.75) is 19.4 Å². The van der Waals surface area contributed by atoms with E-state index in [1.807, 2.05) is 0 Å². The van der Waals surface area contributed by atoms with Crippen LogP contribution >= 0.6 is 0 Å². The zero-order valence-electron chi connectivity index (χ0n) is 10.5. The van der Waals surface area contributed by atoms with E-state index in [2.05, 4.69) is 10.4 Å². The Morgan fingerprint density at radius 2 is 2.21 bits per heavy atom. The number of carbonyl (C=O) groups excluding carboxylic acids is 1. The Morgan fingerprint density at radius 3 is 2.79 bits per heavy atom. The Balaban J connectivity index is 2.14. The number of rotatable bonds is 4. The number of carbonyl (C=O) groups is 2. The molecule has 0 aliphatic rings. The zero-order chi connectivity index (χ0) is 14.0. The SMILES string of the molecule is CC(C)(C(=O)O)n1cc(NC(=O)c2ccco2)cn1. The molecule has 7 heteroatoms. The predicted molar refractivity (Wildman–Crippen MR) is 65.8 cm³/mol. The van der Waals surface area contributed by atoms with Crippen molar-refractivity contribution >= 4 is 17.6 Å². The van der Waals surface area contributed by atoms with Gasteiger partial charge < -0.3 is 14.8 Å². The van der Waals surface area contributed by atoms with Crippen LogP contribution < -0.4 is 5.32 Å². The molecule has 2 rings (SSSR count). The molecule has 0 radical (unpaired) electrons. The minimum atomic E-state index is -1.19. The maximum Gasteiger partial charge on any atom is 0.331 e. The molecule has 0 unspecified atom stereocenters. The highest BCUT2D eigenvalue weighted by atomic mass is 16.4. The van der Waals surface area contributed by atoms with Crippen LogP contribution in [0.3, 0.4) is 0 Å². The Kier molecular flexibility index (Phi) is 3.12. The molecular weight excluding hydrogens is 250 g/mol. The first-order valence-corrected chi connectivity index (χ1v) is 5.54. The van der Waals surface area contributed by atoms with Gasteiger partial charge in [0.05, 0.1) is 18.1 Å². The van der Waals surface area contributed by atoms with Gasteiger partial charge in [-0.3, -0.25) is 9.48 Å². The smallest absolute Gasteiger partial charge is 0.331 e. The number of aliphatic carboxylic acids is 1. The number of aromatic nitrogens is 2. The van der Waals surface area contributed by atoms with E-state index in [9.17, 15) is 9.59 Å². The van der Waals surface area contributed by atoms with Gasteiger partial charge in [-0.05, 0) is 26.0 Å². The van der Waals surface area contributed by atoms with Gasteiger partial charge in [0.1, 0.15) is 0 Å². The second-order valence-corrected chi connectivity index (χ2v) is 4.47. The number of nitrogens with zero attached hydrogens (tertiary/aromatic N) is 2. The summed E-state index contributed by atoms with van der Waals surface area (Å²) >= 11 is 0. The van der Waals surface area contributed by atoms with Gasteiger partial charge in [0.25, 0.3) is 5.91 Å². The van der Waals surface area contributed by atoms with Gasteiger partial charge in [-0.1, -0.05) is 0 Å². The van der Waals surface area contributed by atoms with Crippen LogP contribution in [0.25, 0.3) is 0 Å². The van der Waals surface area contributed by atoms with Gasteiger partial charge in [-0.25, -0.2) is 4.79 Å². The molecule has 0 aliphatic carbocycles. The third-order valence-corrected chi connectivity index (χ3v) is 2.68. The molecule has 2 N–H and O–H groups in total. The summed E-state index contributed by atoms with van der Waals surface area (Å²) in [4.78, 5) is 22.8. The van der Waals surface area contributed by atoms with Gasteiger partial charge >= 0.3 is 5.97 Å². The molecule has 0 spiro atoms. The summed E-state index contributed by atoms with van der Waals surface area (Å²) in [5.41, 5.74) is -0.788. The quantitative estimate of drug-likeness (QED) is 0.872. The molecule has 19 heavy (non-hydrogen) atoms. The third-order valence-electron chi connectivity index (χ3n) is 2.68. The molecule has 2 aromatic heterocycles. The lowest BCUT2D eigenvalue weighted by molar-refractivity contribution is -0.146. The van der Waals surface area contributed by atoms with Gasteiger partial charge in [0.2, 0.25) is 0 Å². The lowest BCUT2D eigenvalue weighted by Crippen LogP contribution is -2.35. The minimum absolute atomic E-state index is 0.172. The van der Waals surface area contributed by atoms with Crippen molar-refractivity contribution in [3.63, 3.8) is 0 Å². The molecule has 0 bridgehead atoms. The summed E-state index contributed by atoms with van der Waals surface area (Å²) in [6.07, 6.45) is 4.23. The second-order valence-electron chi connectivity index (χ2n) is 4.47. The van der Waals surface area contributed by atoms with Gasteiger partial charge in [-0.2, -0.15) is 5.10 Å². The van der Waals surface area contributed by atoms with E-state index in [-0.39, 0.29) is 5.76 Å². The Bertz CT molecular complexity index is 598. The van der Waals surface area contributed by atoms with Crippen LogP contribution in [0.2, 0.25) is 0 Å². The van der Waals surface area contributed by atoms with Crippen LogP contribution in [0.4, 0.5) is 5.69 Å². The van der Waals surface area contributed by atoms with Crippen molar-refractivity contribution in [3.05, 3.63) is 36.5 Å². The summed E-state index contributed by atoms with van der Waals surface area (Å²) in [7, 11) is 0. The van der Waals surface area contributed by atoms with Crippen LogP contribution in [-0.4, -0.2) is 26.8 Å². The van der Waals surface area contributed by atoms with Crippen molar-refractivity contribution in [2.24, 2.45) is 0 Å². The summed E-state index contributed by atoms with van der Waals surface area (Å²) in [6.45, 7) is 3.03. The molecule has 1 amide bonds. The molecule has 0 aromatic carbocycles. The number of amides is 1. The Labute approximate surface area is 108 Å². The first-order valence-electron chi connectivity index (χ1n) is 5.54. The highest BCUT2D eigenvalue weighted by Gasteiger charge is 2.30. The van der Waals surface area contributed by atoms with E-state index < -0.39 is 17.4 Å². The van der Waals surface area contributed by atoms with E-state index in [1.54, 1.807) is 6.07 Å². The second kappa shape index (κ2) is 4.60. The summed E-state index contributed by atoms with van der Waals surface area (Å²) in [5, 5.41) is 15.6. The number of carboxylic acids is 1. The van der Waals surface area contributed by atoms with Crippen molar-refractivity contribution < 1.29 is 19.1 Å². The van der Waals surface area contributed by atoms with Crippen molar-refractivity contribution in [2.75, 3.05) is 5.32 Å². The van der Waals surface area contributed by atoms with E-state index in [0.29, 0.717) is 5.69 Å². The molecule has 0 aliphatic heterocycles. The minimum Gasteiger partial charge on any atom is -0.479 e. The van der Waals surface area contributed by atoms with Crippen LogP contribution in [-0.2, 0) is 10.3 Å². The third kappa shape index (κ3) is 2.49. The fourth-order valence-electron chi connectivity index (χ4n) is 1.39. The average molecular weight is 263 g/mol. The van der Waals surface area contributed by atoms with Crippen LogP contribution in [0.15, 0.2) is 35.2 Å². The standard InChI is InChI=1S/C12H13N3O4/c1-12(2,11(17)18)15-7-8(6-13-15)14-10(16)9-4-3-5-19-9/h3-7H,1-2H3,(H,14,16)(H,17,18). The molecule has 7 nitrogen and oxygen atoms in total. The van der Waals surface area contributed by atoms with Gasteiger partial charge in [-0.15, -0.1) is 0 Å². The molecule has 0 atom stereocenters. The Hall–Kier alpha value is -2.57. The number of anilines is 1. The van der Waals surface area contributed by atoms with E-state index in [1.165, 1.54) is 43.3 Å². The summed E-state index contributed by atoms with van der Waals surface area (Å²) in [6, 6.07) is 3.13. The van der Waals surface area contributed by atoms with E-state index in [0.717, 1.165) is 0 Å². The van der Waals surface area contributed by atoms with Crippen molar-refractivity contribution in [1.82, 2.24) is 9.78 Å². The fourth-order valence-corrected chi connectivity index (χ4v) is 1.39. The van der Waals surface area contributed by atoms with E-state index in [4.69, 9.17) is 9.52 Å². The predicted octanol–water partition coefficient (Wildman–Crippen LogP) is 1.55. The lowest BCUT2D eigenvalue weighted by atomic mass is 10.1. The summed E-state index contributed by atoms with van der Waals surface area (Å²) < 4.78 is 6.22. The van der Waals surface area contributed by atoms with Gasteiger partial charge in [0, 0.05) is 6.20 Å². The number of hydrogen-bond donors (Lipinski definition) is 2. The highest BCUT2D eigenvalue weighted by Crippen LogP contribution is 2.17. The molecule has 2 heterocycles. The molecule has 0 saturated carbocycles. The maximum atomic E-state index is 11.7. The molecule has 100 valence electrons. The fraction of sp³-hybridized carbons (Fsp3) is 0.250. The van der Waals surface area contributed by atoms with Crippen molar-refractivity contribution in [3.8, 4) is 0 Å². The lowest BCUT2D eigenvalue weighted by Gasteiger charge is -2.19. The highest BCUT2D eigenvalue weighted by molar-refractivity contribution is 6.02. The first kappa shape index (κ1) is 12.9. The zero-order valence-corrected chi connectivity index (χ0v) is 10.5. The van der Waals surface area contributed by atoms with Crippen LogP contribution in [0.5, 0.6) is 0 Å². The summed E-state index contributed by atoms with van der Waals surface area (Å²) in [5.74, 6) is -1.26. The largest absolute Gasteiger partial charge is 0.479 e. The normalized spacial score (nSPS) is 11.3. The maximum absolute atomic E-state index is 11.7. The van der Waals surface area contributed by atoms with E-state index >= 15 is 0 Å². The number of nitrogens with one attached hydrogen (secondary N) is 1. The monoisotopic (exact) mass is 263 g/mol. The van der Waals surface area contributed by atoms with Crippen molar-refractivity contribution in [1.29, 1.82) is 0 Å². The molecular formula is C12H13N3O4. The van der Waals surface area contributed by atoms with Crippen LogP contribution in [0.1, 0.15) is 24.4 Å².